The predicted molar refractivity (Wildman–Crippen MR) is 108 cm³/mol. The van der Waals surface area contributed by atoms with E-state index in [1.54, 1.807) is 0 Å². The van der Waals surface area contributed by atoms with Crippen molar-refractivity contribution in [3.63, 3.8) is 0 Å². The largest absolute Gasteiger partial charge is 0.357 e. The second kappa shape index (κ2) is 9.33. The Bertz CT molecular complexity index is 408. The van der Waals surface area contributed by atoms with Gasteiger partial charge in [-0.3, -0.25) is 4.99 Å². The first kappa shape index (κ1) is 19.9. The smallest absolute Gasteiger partial charge is 0.193 e. The van der Waals surface area contributed by atoms with Crippen molar-refractivity contribution in [1.82, 2.24) is 15.1 Å². The second-order valence-corrected chi connectivity index (χ2v) is 10.2. The van der Waals surface area contributed by atoms with Crippen LogP contribution < -0.4 is 5.32 Å². The Kier molecular flexibility index (Phi) is 7.73. The van der Waals surface area contributed by atoms with Crippen LogP contribution in [0.2, 0.25) is 0 Å². The van der Waals surface area contributed by atoms with Crippen LogP contribution in [0.25, 0.3) is 0 Å². The summed E-state index contributed by atoms with van der Waals surface area (Å²) in [5.41, 5.74) is 0. The number of hydrogen-bond acceptors (Lipinski definition) is 3. The number of likely N-dealkylation sites (tertiary alicyclic amines) is 1. The Morgan fingerprint density at radius 1 is 1.33 bits per heavy atom. The van der Waals surface area contributed by atoms with Gasteiger partial charge in [-0.15, -0.1) is 0 Å². The molecule has 0 amide bonds. The predicted octanol–water partition coefficient (Wildman–Crippen LogP) is 3.15. The summed E-state index contributed by atoms with van der Waals surface area (Å²) in [6.07, 6.45) is 2.66. The maximum Gasteiger partial charge on any atom is 0.193 e. The summed E-state index contributed by atoms with van der Waals surface area (Å²) in [5.74, 6) is 3.81. The summed E-state index contributed by atoms with van der Waals surface area (Å²) >= 11 is 2.08. The van der Waals surface area contributed by atoms with Gasteiger partial charge in [0.05, 0.1) is 0 Å². The highest BCUT2D eigenvalue weighted by Gasteiger charge is 2.29. The van der Waals surface area contributed by atoms with E-state index in [0.717, 1.165) is 44.0 Å². The van der Waals surface area contributed by atoms with E-state index in [1.807, 2.05) is 0 Å². The molecule has 0 bridgehead atoms. The van der Waals surface area contributed by atoms with Crippen molar-refractivity contribution in [1.29, 1.82) is 0 Å². The lowest BCUT2D eigenvalue weighted by Gasteiger charge is -2.39. The normalized spacial score (nSPS) is 26.0. The SMILES string of the molecule is CCNC(=NCC1CCCN(CC(C)C)C1)N1CCSC(C)(C)C1. The lowest BCUT2D eigenvalue weighted by atomic mass is 9.97. The molecule has 2 fully saturated rings. The van der Waals surface area contributed by atoms with Crippen LogP contribution in [0.4, 0.5) is 0 Å². The molecule has 0 aliphatic carbocycles. The Balaban J connectivity index is 1.92. The van der Waals surface area contributed by atoms with Crippen molar-refractivity contribution >= 4 is 17.7 Å². The zero-order valence-electron chi connectivity index (χ0n) is 16.5. The molecule has 24 heavy (non-hydrogen) atoms. The maximum atomic E-state index is 5.04. The minimum absolute atomic E-state index is 0.327. The van der Waals surface area contributed by atoms with Crippen LogP contribution in [0.5, 0.6) is 0 Å². The molecule has 0 aromatic heterocycles. The van der Waals surface area contributed by atoms with E-state index in [0.29, 0.717) is 4.75 Å². The highest BCUT2D eigenvalue weighted by Crippen LogP contribution is 2.29. The highest BCUT2D eigenvalue weighted by molar-refractivity contribution is 8.00. The number of aliphatic imine (C=N–C) groups is 1. The van der Waals surface area contributed by atoms with Crippen LogP contribution in [0.3, 0.4) is 0 Å². The van der Waals surface area contributed by atoms with E-state index in [-0.39, 0.29) is 0 Å². The van der Waals surface area contributed by atoms with Gasteiger partial charge < -0.3 is 15.1 Å². The first-order valence-corrected chi connectivity index (χ1v) is 10.8. The highest BCUT2D eigenvalue weighted by atomic mass is 32.2. The number of thioether (sulfide) groups is 1. The molecule has 2 aliphatic heterocycles. The number of guanidine groups is 1. The molecule has 0 spiro atoms. The molecule has 0 aromatic carbocycles. The molecule has 4 nitrogen and oxygen atoms in total. The zero-order chi connectivity index (χ0) is 17.6. The second-order valence-electron chi connectivity index (χ2n) is 8.39. The van der Waals surface area contributed by atoms with Gasteiger partial charge in [0.15, 0.2) is 5.96 Å². The van der Waals surface area contributed by atoms with Crippen molar-refractivity contribution in [3.8, 4) is 0 Å². The summed E-state index contributed by atoms with van der Waals surface area (Å²) < 4.78 is 0.327. The van der Waals surface area contributed by atoms with E-state index in [4.69, 9.17) is 4.99 Å². The van der Waals surface area contributed by atoms with Crippen LogP contribution in [-0.2, 0) is 0 Å². The van der Waals surface area contributed by atoms with Gasteiger partial charge in [0, 0.05) is 49.8 Å². The van der Waals surface area contributed by atoms with Gasteiger partial charge in [-0.25, -0.2) is 0 Å². The van der Waals surface area contributed by atoms with Crippen molar-refractivity contribution < 1.29 is 0 Å². The standard InChI is InChI=1S/C19H38N4S/c1-6-20-18(23-10-11-24-19(4,5)15-23)21-12-17-8-7-9-22(14-17)13-16(2)3/h16-17H,6-15H2,1-5H3,(H,20,21). The number of rotatable bonds is 5. The number of piperidine rings is 1. The Morgan fingerprint density at radius 3 is 2.79 bits per heavy atom. The van der Waals surface area contributed by atoms with Crippen LogP contribution in [-0.4, -0.2) is 72.1 Å². The van der Waals surface area contributed by atoms with Crippen molar-refractivity contribution in [2.45, 2.75) is 52.2 Å². The summed E-state index contributed by atoms with van der Waals surface area (Å²) in [6, 6.07) is 0. The fourth-order valence-corrected chi connectivity index (χ4v) is 4.93. The molecular formula is C19H38N4S. The van der Waals surface area contributed by atoms with Crippen molar-refractivity contribution in [3.05, 3.63) is 0 Å². The molecule has 2 saturated heterocycles. The summed E-state index contributed by atoms with van der Waals surface area (Å²) in [4.78, 5) is 10.1. The third-order valence-electron chi connectivity index (χ3n) is 4.79. The third kappa shape index (κ3) is 6.47. The van der Waals surface area contributed by atoms with Gasteiger partial charge in [-0.05, 0) is 52.0 Å². The van der Waals surface area contributed by atoms with Crippen molar-refractivity contribution in [2.75, 3.05) is 51.6 Å². The van der Waals surface area contributed by atoms with Crippen LogP contribution >= 0.6 is 11.8 Å². The molecule has 2 aliphatic rings. The summed E-state index contributed by atoms with van der Waals surface area (Å²) in [7, 11) is 0. The van der Waals surface area contributed by atoms with Crippen LogP contribution in [0.15, 0.2) is 4.99 Å². The molecule has 0 radical (unpaired) electrons. The molecule has 0 aromatic rings. The van der Waals surface area contributed by atoms with E-state index in [1.165, 1.54) is 38.2 Å². The van der Waals surface area contributed by atoms with Gasteiger partial charge >= 0.3 is 0 Å². The molecular weight excluding hydrogens is 316 g/mol. The molecule has 1 N–H and O–H groups in total. The van der Waals surface area contributed by atoms with Gasteiger partial charge in [0.2, 0.25) is 0 Å². The summed E-state index contributed by atoms with van der Waals surface area (Å²) in [6.45, 7) is 19.4. The average molecular weight is 355 g/mol. The monoisotopic (exact) mass is 354 g/mol. The fraction of sp³-hybridized carbons (Fsp3) is 0.947. The number of nitrogens with zero attached hydrogens (tertiary/aromatic N) is 3. The zero-order valence-corrected chi connectivity index (χ0v) is 17.3. The van der Waals surface area contributed by atoms with Crippen molar-refractivity contribution in [2.24, 2.45) is 16.8 Å². The topological polar surface area (TPSA) is 30.9 Å². The quantitative estimate of drug-likeness (QED) is 0.607. The van der Waals surface area contributed by atoms with E-state index in [9.17, 15) is 0 Å². The number of hydrogen-bond donors (Lipinski definition) is 1. The fourth-order valence-electron chi connectivity index (χ4n) is 3.82. The Morgan fingerprint density at radius 2 is 2.12 bits per heavy atom. The van der Waals surface area contributed by atoms with E-state index >= 15 is 0 Å². The minimum atomic E-state index is 0.327. The molecule has 2 rings (SSSR count). The lowest BCUT2D eigenvalue weighted by molar-refractivity contribution is 0.162. The van der Waals surface area contributed by atoms with Gasteiger partial charge in [0.1, 0.15) is 0 Å². The van der Waals surface area contributed by atoms with Gasteiger partial charge in [0.25, 0.3) is 0 Å². The first-order valence-electron chi connectivity index (χ1n) is 9.79. The molecule has 1 unspecified atom stereocenters. The maximum absolute atomic E-state index is 5.04. The Hall–Kier alpha value is -0.420. The molecule has 1 atom stereocenters. The molecule has 140 valence electrons. The molecule has 0 saturated carbocycles. The third-order valence-corrected chi connectivity index (χ3v) is 6.08. The first-order chi connectivity index (χ1) is 11.4. The summed E-state index contributed by atoms with van der Waals surface area (Å²) in [5, 5.41) is 3.53. The average Bonchev–Trinajstić information content (AvgIpc) is 2.50. The van der Waals surface area contributed by atoms with E-state index in [2.05, 4.69) is 61.5 Å². The number of nitrogens with one attached hydrogen (secondary N) is 1. The molecule has 5 heteroatoms. The molecule has 2 heterocycles. The van der Waals surface area contributed by atoms with Gasteiger partial charge in [-0.1, -0.05) is 13.8 Å². The van der Waals surface area contributed by atoms with Crippen LogP contribution in [0, 0.1) is 11.8 Å². The lowest BCUT2D eigenvalue weighted by Crippen LogP contribution is -2.51. The Labute approximate surface area is 153 Å². The van der Waals surface area contributed by atoms with E-state index < -0.39 is 0 Å². The van der Waals surface area contributed by atoms with Gasteiger partial charge in [-0.2, -0.15) is 11.8 Å². The minimum Gasteiger partial charge on any atom is -0.357 e. The van der Waals surface area contributed by atoms with Crippen LogP contribution in [0.1, 0.15) is 47.5 Å².